The second-order valence-corrected chi connectivity index (χ2v) is 6.70. The number of carbonyl (C=O) groups is 2. The first kappa shape index (κ1) is 14.2. The molecule has 0 bridgehead atoms. The van der Waals surface area contributed by atoms with E-state index in [2.05, 4.69) is 26.2 Å². The highest BCUT2D eigenvalue weighted by Crippen LogP contribution is 2.50. The van der Waals surface area contributed by atoms with Crippen molar-refractivity contribution in [3.05, 3.63) is 47.1 Å². The number of hydrogen-bond donors (Lipinski definition) is 0. The van der Waals surface area contributed by atoms with Crippen LogP contribution in [0.2, 0.25) is 0 Å². The normalized spacial score (nSPS) is 32.6. The van der Waals surface area contributed by atoms with Crippen LogP contribution in [-0.2, 0) is 9.59 Å². The lowest BCUT2D eigenvalue weighted by Crippen LogP contribution is -2.31. The molecule has 3 atom stereocenters. The molecule has 1 fully saturated rings. The van der Waals surface area contributed by atoms with Gasteiger partial charge < -0.3 is 0 Å². The molecule has 2 heteroatoms. The van der Waals surface area contributed by atoms with Gasteiger partial charge in [-0.1, -0.05) is 30.4 Å². The van der Waals surface area contributed by atoms with Crippen LogP contribution in [0, 0.1) is 17.8 Å². The standard InChI is InChI=1S/C19H22O2/c1-10(2)13-6-5-11(3)17-15(13)9-12(4)19(21)14-7-8-16(20)18(14)17/h9,13,15,17H,1,3,5-8H2,2,4H3/t13-,15-,17?/m1/s1. The Morgan fingerprint density at radius 3 is 2.62 bits per heavy atom. The van der Waals surface area contributed by atoms with E-state index < -0.39 is 0 Å². The Bertz CT molecular complexity index is 630. The maximum Gasteiger partial charge on any atom is 0.184 e. The average molecular weight is 282 g/mol. The van der Waals surface area contributed by atoms with Crippen LogP contribution in [-0.4, -0.2) is 11.6 Å². The molecule has 1 unspecified atom stereocenters. The summed E-state index contributed by atoms with van der Waals surface area (Å²) >= 11 is 0. The van der Waals surface area contributed by atoms with Gasteiger partial charge in [-0.25, -0.2) is 0 Å². The van der Waals surface area contributed by atoms with Gasteiger partial charge in [0.2, 0.25) is 0 Å². The van der Waals surface area contributed by atoms with Crippen LogP contribution in [0.3, 0.4) is 0 Å². The number of carbonyl (C=O) groups excluding carboxylic acids is 2. The lowest BCUT2D eigenvalue weighted by Gasteiger charge is -2.39. The summed E-state index contributed by atoms with van der Waals surface area (Å²) in [6, 6.07) is 0. The molecule has 0 aromatic heterocycles. The number of hydrogen-bond acceptors (Lipinski definition) is 2. The highest BCUT2D eigenvalue weighted by atomic mass is 16.1. The van der Waals surface area contributed by atoms with Gasteiger partial charge in [0.15, 0.2) is 11.6 Å². The maximum atomic E-state index is 12.6. The maximum absolute atomic E-state index is 12.6. The predicted molar refractivity (Wildman–Crippen MR) is 83.7 cm³/mol. The number of Topliss-reactive ketones (excluding diaryl/α,β-unsaturated/α-hetero) is 2. The van der Waals surface area contributed by atoms with Crippen molar-refractivity contribution in [3.63, 3.8) is 0 Å². The first-order valence-electron chi connectivity index (χ1n) is 7.74. The van der Waals surface area contributed by atoms with E-state index in [9.17, 15) is 9.59 Å². The average Bonchev–Trinajstić information content (AvgIpc) is 2.74. The molecule has 0 aromatic carbocycles. The molecular weight excluding hydrogens is 260 g/mol. The summed E-state index contributed by atoms with van der Waals surface area (Å²) in [7, 11) is 0. The summed E-state index contributed by atoms with van der Waals surface area (Å²) in [5.41, 5.74) is 4.56. The number of allylic oxidation sites excluding steroid dienone is 6. The van der Waals surface area contributed by atoms with E-state index in [1.165, 1.54) is 0 Å². The van der Waals surface area contributed by atoms with Crippen molar-refractivity contribution in [1.29, 1.82) is 0 Å². The van der Waals surface area contributed by atoms with Crippen LogP contribution in [0.15, 0.2) is 47.1 Å². The second-order valence-electron chi connectivity index (χ2n) is 6.70. The minimum Gasteiger partial charge on any atom is -0.295 e. The monoisotopic (exact) mass is 282 g/mol. The largest absolute Gasteiger partial charge is 0.295 e. The fourth-order valence-electron chi connectivity index (χ4n) is 4.25. The lowest BCUT2D eigenvalue weighted by atomic mass is 9.65. The molecule has 0 radical (unpaired) electrons. The molecule has 110 valence electrons. The summed E-state index contributed by atoms with van der Waals surface area (Å²) < 4.78 is 0. The van der Waals surface area contributed by atoms with Crippen molar-refractivity contribution in [2.24, 2.45) is 17.8 Å². The van der Waals surface area contributed by atoms with E-state index >= 15 is 0 Å². The number of rotatable bonds is 1. The second kappa shape index (κ2) is 4.94. The first-order valence-corrected chi connectivity index (χ1v) is 7.74. The molecule has 3 aliphatic rings. The molecule has 0 heterocycles. The van der Waals surface area contributed by atoms with Gasteiger partial charge in [-0.05, 0) is 50.5 Å². The quantitative estimate of drug-likeness (QED) is 0.682. The molecule has 2 nitrogen and oxygen atoms in total. The molecular formula is C19H22O2. The van der Waals surface area contributed by atoms with Gasteiger partial charge in [0.25, 0.3) is 0 Å². The minimum absolute atomic E-state index is 0.0202. The Morgan fingerprint density at radius 2 is 1.95 bits per heavy atom. The lowest BCUT2D eigenvalue weighted by molar-refractivity contribution is -0.115. The fourth-order valence-corrected chi connectivity index (χ4v) is 4.25. The van der Waals surface area contributed by atoms with Crippen LogP contribution in [0.25, 0.3) is 0 Å². The first-order chi connectivity index (χ1) is 9.91. The predicted octanol–water partition coefficient (Wildman–Crippen LogP) is 3.95. The van der Waals surface area contributed by atoms with Crippen molar-refractivity contribution >= 4 is 11.6 Å². The smallest absolute Gasteiger partial charge is 0.184 e. The molecule has 0 amide bonds. The van der Waals surface area contributed by atoms with Gasteiger partial charge in [0, 0.05) is 23.5 Å². The molecule has 21 heavy (non-hydrogen) atoms. The van der Waals surface area contributed by atoms with Crippen LogP contribution in [0.1, 0.15) is 39.5 Å². The van der Waals surface area contributed by atoms with Crippen molar-refractivity contribution in [2.75, 3.05) is 0 Å². The minimum atomic E-state index is 0.0202. The van der Waals surface area contributed by atoms with E-state index in [-0.39, 0.29) is 23.4 Å². The molecule has 1 saturated carbocycles. The van der Waals surface area contributed by atoms with E-state index in [1.807, 2.05) is 6.92 Å². The Balaban J connectivity index is 2.19. The molecule has 3 rings (SSSR count). The van der Waals surface area contributed by atoms with Crippen LogP contribution in [0.5, 0.6) is 0 Å². The highest BCUT2D eigenvalue weighted by Gasteiger charge is 2.44. The third kappa shape index (κ3) is 2.08. The van der Waals surface area contributed by atoms with Crippen molar-refractivity contribution in [2.45, 2.75) is 39.5 Å². The highest BCUT2D eigenvalue weighted by molar-refractivity contribution is 6.16. The summed E-state index contributed by atoms with van der Waals surface area (Å²) in [6.07, 6.45) is 5.11. The Hall–Kier alpha value is -1.70. The van der Waals surface area contributed by atoms with Crippen LogP contribution < -0.4 is 0 Å². The summed E-state index contributed by atoms with van der Waals surface area (Å²) in [5, 5.41) is 0. The zero-order valence-corrected chi connectivity index (χ0v) is 12.9. The molecule has 0 aliphatic heterocycles. The van der Waals surface area contributed by atoms with E-state index in [1.54, 1.807) is 0 Å². The van der Waals surface area contributed by atoms with E-state index in [0.29, 0.717) is 18.8 Å². The van der Waals surface area contributed by atoms with Gasteiger partial charge in [-0.3, -0.25) is 9.59 Å². The third-order valence-electron chi connectivity index (χ3n) is 5.31. The molecule has 0 aromatic rings. The SMILES string of the molecule is C=C1CC[C@H](C(=C)C)[C@H]2C=C(C)C(=O)C3=C(C(=O)CC3)C12. The summed E-state index contributed by atoms with van der Waals surface area (Å²) in [6.45, 7) is 12.3. The van der Waals surface area contributed by atoms with Gasteiger partial charge in [0.05, 0.1) is 0 Å². The summed E-state index contributed by atoms with van der Waals surface area (Å²) in [5.74, 6) is 0.746. The Kier molecular flexibility index (Phi) is 3.35. The van der Waals surface area contributed by atoms with Gasteiger partial charge >= 0.3 is 0 Å². The number of fused-ring (bicyclic) bond motifs is 2. The topological polar surface area (TPSA) is 34.1 Å². The molecule has 0 spiro atoms. The third-order valence-corrected chi connectivity index (χ3v) is 5.31. The van der Waals surface area contributed by atoms with E-state index in [4.69, 9.17) is 0 Å². The van der Waals surface area contributed by atoms with Gasteiger partial charge in [0.1, 0.15) is 0 Å². The van der Waals surface area contributed by atoms with Crippen molar-refractivity contribution < 1.29 is 9.59 Å². The molecule has 0 N–H and O–H groups in total. The molecule has 3 aliphatic carbocycles. The van der Waals surface area contributed by atoms with Crippen molar-refractivity contribution in [3.8, 4) is 0 Å². The van der Waals surface area contributed by atoms with Gasteiger partial charge in [-0.15, -0.1) is 0 Å². The van der Waals surface area contributed by atoms with Crippen molar-refractivity contribution in [1.82, 2.24) is 0 Å². The Morgan fingerprint density at radius 1 is 1.24 bits per heavy atom. The number of ketones is 2. The summed E-state index contributed by atoms with van der Waals surface area (Å²) in [4.78, 5) is 25.0. The van der Waals surface area contributed by atoms with Crippen LogP contribution in [0.4, 0.5) is 0 Å². The van der Waals surface area contributed by atoms with Gasteiger partial charge in [-0.2, -0.15) is 0 Å². The fraction of sp³-hybridized carbons (Fsp3) is 0.474. The zero-order chi connectivity index (χ0) is 15.3. The Labute approximate surface area is 126 Å². The molecule has 0 saturated heterocycles. The zero-order valence-electron chi connectivity index (χ0n) is 12.9. The van der Waals surface area contributed by atoms with E-state index in [0.717, 1.165) is 40.7 Å². The van der Waals surface area contributed by atoms with Crippen LogP contribution >= 0.6 is 0 Å².